The number of oxime groups is 1. The van der Waals surface area contributed by atoms with Crippen LogP contribution in [-0.2, 0) is 0 Å². The van der Waals surface area contributed by atoms with Gasteiger partial charge < -0.3 is 20.4 Å². The molecule has 8 nitrogen and oxygen atoms in total. The number of anilines is 1. The van der Waals surface area contributed by atoms with Crippen molar-refractivity contribution in [3.63, 3.8) is 0 Å². The zero-order valence-electron chi connectivity index (χ0n) is 5.59. The highest BCUT2D eigenvalue weighted by Crippen LogP contribution is 2.26. The van der Waals surface area contributed by atoms with Crippen molar-refractivity contribution in [3.8, 4) is 0 Å². The van der Waals surface area contributed by atoms with Gasteiger partial charge >= 0.3 is 5.88 Å². The molecular weight excluding hydrogens is 168 g/mol. The molecule has 0 fully saturated rings. The summed E-state index contributed by atoms with van der Waals surface area (Å²) in [5.41, 5.74) is 1.02. The molecule has 0 bridgehead atoms. The Kier molecular flexibility index (Phi) is 2.33. The minimum absolute atomic E-state index is 0.0953. The van der Waals surface area contributed by atoms with Gasteiger partial charge in [-0.3, -0.25) is 0 Å². The molecule has 12 heavy (non-hydrogen) atoms. The highest BCUT2D eigenvalue weighted by molar-refractivity contribution is 5.88. The van der Waals surface area contributed by atoms with Gasteiger partial charge in [-0.2, -0.15) is 0 Å². The van der Waals surface area contributed by atoms with Gasteiger partial charge in [-0.15, -0.1) is 4.91 Å². The lowest BCUT2D eigenvalue weighted by Crippen LogP contribution is -1.89. The predicted octanol–water partition coefficient (Wildman–Crippen LogP) is 0.790. The highest BCUT2D eigenvalue weighted by Gasteiger charge is 2.11. The summed E-state index contributed by atoms with van der Waals surface area (Å²) in [7, 11) is 0. The Morgan fingerprint density at radius 1 is 1.75 bits per heavy atom. The standard InChI is InChI=1S/C4H3N4O4/c9-5-1-2-3(6-10)4(7-11)12-8-2/h1,6,9H/q-1. The van der Waals surface area contributed by atoms with Crippen molar-refractivity contribution in [2.75, 3.05) is 5.48 Å². The number of rotatable bonds is 3. The smallest absolute Gasteiger partial charge is 0.313 e. The summed E-state index contributed by atoms with van der Waals surface area (Å²) < 4.78 is 4.29. The Morgan fingerprint density at radius 3 is 3.00 bits per heavy atom. The summed E-state index contributed by atoms with van der Waals surface area (Å²) in [6.45, 7) is 0. The van der Waals surface area contributed by atoms with Gasteiger partial charge in [0.25, 0.3) is 0 Å². The first-order chi connectivity index (χ1) is 5.83. The van der Waals surface area contributed by atoms with Crippen molar-refractivity contribution < 1.29 is 9.73 Å². The normalized spacial score (nSPS) is 10.4. The summed E-state index contributed by atoms with van der Waals surface area (Å²) in [6, 6.07) is 0. The summed E-state index contributed by atoms with van der Waals surface area (Å²) in [4.78, 5) is 9.93. The van der Waals surface area contributed by atoms with Gasteiger partial charge in [0.1, 0.15) is 5.69 Å². The van der Waals surface area contributed by atoms with Crippen molar-refractivity contribution in [2.45, 2.75) is 0 Å². The van der Waals surface area contributed by atoms with Crippen molar-refractivity contribution in [3.05, 3.63) is 15.8 Å². The number of nitrogens with one attached hydrogen (secondary N) is 1. The molecule has 0 aliphatic carbocycles. The minimum atomic E-state index is -0.486. The van der Waals surface area contributed by atoms with E-state index < -0.39 is 5.88 Å². The van der Waals surface area contributed by atoms with E-state index in [0.29, 0.717) is 0 Å². The van der Waals surface area contributed by atoms with Crippen molar-refractivity contribution in [1.29, 1.82) is 0 Å². The fourth-order valence-electron chi connectivity index (χ4n) is 0.594. The third-order valence-corrected chi connectivity index (χ3v) is 1.07. The fraction of sp³-hybridized carbons (Fsp3) is 0. The Bertz CT molecular complexity index is 306. The highest BCUT2D eigenvalue weighted by atomic mass is 16.5. The third-order valence-electron chi connectivity index (χ3n) is 1.07. The van der Waals surface area contributed by atoms with E-state index in [1.807, 2.05) is 0 Å². The monoisotopic (exact) mass is 171 g/mol. The number of hydrogen-bond donors (Lipinski definition) is 2. The molecule has 0 unspecified atom stereocenters. The zero-order valence-corrected chi connectivity index (χ0v) is 5.59. The van der Waals surface area contributed by atoms with Gasteiger partial charge in [-0.05, 0) is 0 Å². The summed E-state index contributed by atoms with van der Waals surface area (Å²) in [5.74, 6) is -0.486. The van der Waals surface area contributed by atoms with Gasteiger partial charge in [0.05, 0.1) is 6.21 Å². The van der Waals surface area contributed by atoms with Crippen LogP contribution >= 0.6 is 0 Å². The number of aromatic nitrogens is 1. The van der Waals surface area contributed by atoms with Crippen LogP contribution in [0.1, 0.15) is 5.69 Å². The molecule has 1 heterocycles. The van der Waals surface area contributed by atoms with E-state index in [0.717, 1.165) is 6.21 Å². The van der Waals surface area contributed by atoms with Gasteiger partial charge in [0, 0.05) is 5.18 Å². The Labute approximate surface area is 65.4 Å². The van der Waals surface area contributed by atoms with Crippen LogP contribution in [0.3, 0.4) is 0 Å². The summed E-state index contributed by atoms with van der Waals surface area (Å²) in [5, 5.41) is 26.4. The maximum Gasteiger partial charge on any atom is 0.313 e. The quantitative estimate of drug-likeness (QED) is 0.300. The third kappa shape index (κ3) is 1.22. The maximum absolute atomic E-state index is 10.2. The molecule has 2 N–H and O–H groups in total. The summed E-state index contributed by atoms with van der Waals surface area (Å²) in [6.07, 6.45) is 0.832. The molecule has 0 saturated heterocycles. The second-order valence-electron chi connectivity index (χ2n) is 1.69. The first-order valence-corrected chi connectivity index (χ1v) is 2.72. The number of nitroso groups, excluding NO2 is 1. The molecule has 0 radical (unpaired) electrons. The molecule has 0 aliphatic rings. The Hall–Kier alpha value is -1.96. The lowest BCUT2D eigenvalue weighted by atomic mass is 10.4. The van der Waals surface area contributed by atoms with Crippen LogP contribution in [0.15, 0.2) is 14.9 Å². The maximum atomic E-state index is 10.2. The van der Waals surface area contributed by atoms with Gasteiger partial charge in [0.2, 0.25) is 0 Å². The SMILES string of the molecule is O=Nc1onc(C=NO)c1N[O-]. The second kappa shape index (κ2) is 3.44. The van der Waals surface area contributed by atoms with E-state index in [4.69, 9.17) is 5.21 Å². The molecule has 0 atom stereocenters. The lowest BCUT2D eigenvalue weighted by Gasteiger charge is -2.04. The van der Waals surface area contributed by atoms with Crippen LogP contribution < -0.4 is 5.48 Å². The van der Waals surface area contributed by atoms with Crippen LogP contribution in [0.25, 0.3) is 0 Å². The van der Waals surface area contributed by atoms with Gasteiger partial charge in [-0.1, -0.05) is 10.3 Å². The van der Waals surface area contributed by atoms with Crippen LogP contribution in [0.4, 0.5) is 11.6 Å². The minimum Gasteiger partial charge on any atom is -0.761 e. The predicted molar refractivity (Wildman–Crippen MR) is 38.3 cm³/mol. The molecule has 1 aromatic heterocycles. The summed E-state index contributed by atoms with van der Waals surface area (Å²) >= 11 is 0. The molecule has 0 amide bonds. The lowest BCUT2D eigenvalue weighted by molar-refractivity contribution is 0.321. The van der Waals surface area contributed by atoms with Gasteiger partial charge in [-0.25, -0.2) is 0 Å². The average Bonchev–Trinajstić information content (AvgIpc) is 2.47. The molecule has 0 saturated carbocycles. The zero-order chi connectivity index (χ0) is 8.97. The van der Waals surface area contributed by atoms with Crippen molar-refractivity contribution >= 4 is 17.8 Å². The average molecular weight is 171 g/mol. The Morgan fingerprint density at radius 2 is 2.50 bits per heavy atom. The van der Waals surface area contributed by atoms with E-state index >= 15 is 0 Å². The fourth-order valence-corrected chi connectivity index (χ4v) is 0.594. The molecule has 1 aromatic rings. The second-order valence-corrected chi connectivity index (χ2v) is 1.69. The van der Waals surface area contributed by atoms with Gasteiger partial charge in [0.15, 0.2) is 5.69 Å². The van der Waals surface area contributed by atoms with E-state index in [9.17, 15) is 10.1 Å². The van der Waals surface area contributed by atoms with E-state index in [1.54, 1.807) is 0 Å². The van der Waals surface area contributed by atoms with E-state index in [-0.39, 0.29) is 11.4 Å². The molecule has 64 valence electrons. The topological polar surface area (TPSA) is 123 Å². The van der Waals surface area contributed by atoms with Crippen LogP contribution in [0, 0.1) is 10.1 Å². The van der Waals surface area contributed by atoms with Crippen LogP contribution in [0.5, 0.6) is 0 Å². The molecule has 0 aromatic carbocycles. The first kappa shape index (κ1) is 8.14. The molecule has 1 rings (SSSR count). The largest absolute Gasteiger partial charge is 0.761 e. The molecule has 8 heteroatoms. The number of hydrogen-bond acceptors (Lipinski definition) is 8. The van der Waals surface area contributed by atoms with Crippen molar-refractivity contribution in [1.82, 2.24) is 5.16 Å². The number of nitrogens with zero attached hydrogens (tertiary/aromatic N) is 3. The molecule has 0 aliphatic heterocycles. The van der Waals surface area contributed by atoms with Crippen LogP contribution in [-0.4, -0.2) is 16.6 Å². The molecular formula is C4H3N4O4-. The van der Waals surface area contributed by atoms with Crippen LogP contribution in [0.2, 0.25) is 0 Å². The van der Waals surface area contributed by atoms with Crippen molar-refractivity contribution in [2.24, 2.45) is 10.3 Å². The first-order valence-electron chi connectivity index (χ1n) is 2.72. The molecule has 0 spiro atoms. The van der Waals surface area contributed by atoms with E-state index in [2.05, 4.69) is 20.0 Å². The van der Waals surface area contributed by atoms with E-state index in [1.165, 1.54) is 5.48 Å². The Balaban J connectivity index is 3.12.